The number of nitrogens with one attached hydrogen (secondary N) is 1. The van der Waals surface area contributed by atoms with Crippen molar-refractivity contribution in [3.05, 3.63) is 59.7 Å². The number of methoxy groups -OCH3 is 1. The summed E-state index contributed by atoms with van der Waals surface area (Å²) in [6.07, 6.45) is 0. The summed E-state index contributed by atoms with van der Waals surface area (Å²) in [7, 11) is 3.46. The van der Waals surface area contributed by atoms with Crippen LogP contribution < -0.4 is 10.1 Å². The Morgan fingerprint density at radius 1 is 1.19 bits per heavy atom. The molecule has 1 unspecified atom stereocenters. The smallest absolute Gasteiger partial charge is 0.136 e. The van der Waals surface area contributed by atoms with Crippen molar-refractivity contribution in [3.8, 4) is 5.75 Å². The summed E-state index contributed by atoms with van der Waals surface area (Å²) in [5, 5.41) is 3.18. The van der Waals surface area contributed by atoms with Gasteiger partial charge in [-0.1, -0.05) is 12.1 Å². The van der Waals surface area contributed by atoms with Crippen LogP contribution in [0.5, 0.6) is 5.75 Å². The molecular weight excluding hydrogens is 292 g/mol. The number of thioether (sulfide) groups is 1. The van der Waals surface area contributed by atoms with Crippen LogP contribution >= 0.6 is 11.8 Å². The maximum Gasteiger partial charge on any atom is 0.136 e. The molecule has 0 fully saturated rings. The first kappa shape index (κ1) is 15.8. The second kappa shape index (κ2) is 7.43. The zero-order chi connectivity index (χ0) is 15.2. The summed E-state index contributed by atoms with van der Waals surface area (Å²) < 4.78 is 32.0. The summed E-state index contributed by atoms with van der Waals surface area (Å²) in [4.78, 5) is 0.318. The Hall–Kier alpha value is -1.59. The van der Waals surface area contributed by atoms with E-state index >= 15 is 0 Å². The van der Waals surface area contributed by atoms with Crippen LogP contribution in [0.25, 0.3) is 0 Å². The third kappa shape index (κ3) is 4.19. The first-order valence-corrected chi connectivity index (χ1v) is 7.51. The summed E-state index contributed by atoms with van der Waals surface area (Å²) in [5.41, 5.74) is 1.04. The molecule has 2 rings (SSSR count). The van der Waals surface area contributed by atoms with Gasteiger partial charge in [0.1, 0.15) is 17.4 Å². The minimum absolute atomic E-state index is 0.0211. The van der Waals surface area contributed by atoms with Crippen LogP contribution in [0.4, 0.5) is 8.78 Å². The molecule has 0 radical (unpaired) electrons. The van der Waals surface area contributed by atoms with E-state index in [4.69, 9.17) is 4.74 Å². The maximum absolute atomic E-state index is 13.6. The molecule has 0 bridgehead atoms. The standard InChI is InChI=1S/C16H17F2NOS/c1-19-15(11-4-3-5-13(8-11)20-2)10-21-16-9-12(17)6-7-14(16)18/h3-9,15,19H,10H2,1-2H3. The molecule has 1 atom stereocenters. The molecule has 0 aliphatic heterocycles. The van der Waals surface area contributed by atoms with E-state index in [0.29, 0.717) is 10.6 Å². The molecule has 0 aliphatic rings. The van der Waals surface area contributed by atoms with Crippen molar-refractivity contribution in [3.63, 3.8) is 0 Å². The third-order valence-electron chi connectivity index (χ3n) is 3.14. The second-order valence-corrected chi connectivity index (χ2v) is 5.57. The zero-order valence-electron chi connectivity index (χ0n) is 11.9. The Kier molecular flexibility index (Phi) is 5.59. The topological polar surface area (TPSA) is 21.3 Å². The number of halogens is 2. The van der Waals surface area contributed by atoms with E-state index in [9.17, 15) is 8.78 Å². The molecule has 112 valence electrons. The lowest BCUT2D eigenvalue weighted by molar-refractivity contribution is 0.413. The number of ether oxygens (including phenoxy) is 1. The van der Waals surface area contributed by atoms with Crippen molar-refractivity contribution < 1.29 is 13.5 Å². The summed E-state index contributed by atoms with van der Waals surface area (Å²) >= 11 is 1.28. The molecule has 2 aromatic rings. The van der Waals surface area contributed by atoms with Crippen molar-refractivity contribution >= 4 is 11.8 Å². The molecule has 21 heavy (non-hydrogen) atoms. The number of hydrogen-bond acceptors (Lipinski definition) is 3. The fourth-order valence-electron chi connectivity index (χ4n) is 1.97. The van der Waals surface area contributed by atoms with Gasteiger partial charge in [-0.2, -0.15) is 0 Å². The van der Waals surface area contributed by atoms with Gasteiger partial charge in [-0.3, -0.25) is 0 Å². The van der Waals surface area contributed by atoms with Gasteiger partial charge in [-0.05, 0) is 42.9 Å². The minimum Gasteiger partial charge on any atom is -0.497 e. The molecule has 2 nitrogen and oxygen atoms in total. The third-order valence-corrected chi connectivity index (χ3v) is 4.27. The first-order chi connectivity index (χ1) is 10.1. The normalized spacial score (nSPS) is 12.2. The number of hydrogen-bond donors (Lipinski definition) is 1. The van der Waals surface area contributed by atoms with Gasteiger partial charge < -0.3 is 10.1 Å². The van der Waals surface area contributed by atoms with Gasteiger partial charge in [0.15, 0.2) is 0 Å². The van der Waals surface area contributed by atoms with Gasteiger partial charge in [0.05, 0.1) is 7.11 Å². The van der Waals surface area contributed by atoms with E-state index in [-0.39, 0.29) is 6.04 Å². The highest BCUT2D eigenvalue weighted by Gasteiger charge is 2.12. The predicted molar refractivity (Wildman–Crippen MR) is 81.9 cm³/mol. The molecule has 0 amide bonds. The molecule has 0 heterocycles. The molecule has 0 aliphatic carbocycles. The summed E-state index contributed by atoms with van der Waals surface area (Å²) in [5.74, 6) is 0.530. The number of benzene rings is 2. The van der Waals surface area contributed by atoms with Crippen molar-refractivity contribution in [2.75, 3.05) is 19.9 Å². The average Bonchev–Trinajstić information content (AvgIpc) is 2.51. The SMILES string of the molecule is CNC(CSc1cc(F)ccc1F)c1cccc(OC)c1. The molecule has 0 aromatic heterocycles. The van der Waals surface area contributed by atoms with E-state index in [0.717, 1.165) is 23.4 Å². The van der Waals surface area contributed by atoms with Crippen LogP contribution in [0.3, 0.4) is 0 Å². The molecule has 0 saturated heterocycles. The molecule has 0 saturated carbocycles. The lowest BCUT2D eigenvalue weighted by Crippen LogP contribution is -2.18. The highest BCUT2D eigenvalue weighted by Crippen LogP contribution is 2.28. The van der Waals surface area contributed by atoms with Crippen LogP contribution in [0, 0.1) is 11.6 Å². The van der Waals surface area contributed by atoms with Gasteiger partial charge in [0.2, 0.25) is 0 Å². The monoisotopic (exact) mass is 309 g/mol. The van der Waals surface area contributed by atoms with Crippen LogP contribution in [0.1, 0.15) is 11.6 Å². The van der Waals surface area contributed by atoms with Crippen LogP contribution in [0.15, 0.2) is 47.4 Å². The molecule has 0 spiro atoms. The van der Waals surface area contributed by atoms with E-state index in [1.54, 1.807) is 7.11 Å². The van der Waals surface area contributed by atoms with E-state index in [1.807, 2.05) is 31.3 Å². The lowest BCUT2D eigenvalue weighted by atomic mass is 10.1. The fourth-order valence-corrected chi connectivity index (χ4v) is 3.07. The van der Waals surface area contributed by atoms with Gasteiger partial charge >= 0.3 is 0 Å². The average molecular weight is 309 g/mol. The Labute approximate surface area is 127 Å². The highest BCUT2D eigenvalue weighted by atomic mass is 32.2. The van der Waals surface area contributed by atoms with E-state index in [2.05, 4.69) is 5.32 Å². The molecule has 1 N–H and O–H groups in total. The van der Waals surface area contributed by atoms with E-state index in [1.165, 1.54) is 17.8 Å². The molecule has 2 aromatic carbocycles. The maximum atomic E-state index is 13.6. The number of rotatable bonds is 6. The molecule has 5 heteroatoms. The van der Waals surface area contributed by atoms with Crippen molar-refractivity contribution in [1.29, 1.82) is 0 Å². The Morgan fingerprint density at radius 2 is 2.00 bits per heavy atom. The quantitative estimate of drug-likeness (QED) is 0.814. The van der Waals surface area contributed by atoms with Crippen LogP contribution in [-0.4, -0.2) is 19.9 Å². The Bertz CT molecular complexity index is 607. The largest absolute Gasteiger partial charge is 0.497 e. The van der Waals surface area contributed by atoms with Gasteiger partial charge in [-0.25, -0.2) is 8.78 Å². The van der Waals surface area contributed by atoms with Crippen LogP contribution in [-0.2, 0) is 0 Å². The lowest BCUT2D eigenvalue weighted by Gasteiger charge is -2.17. The Balaban J connectivity index is 2.10. The first-order valence-electron chi connectivity index (χ1n) is 6.53. The summed E-state index contributed by atoms with van der Waals surface area (Å²) in [6, 6.07) is 11.2. The summed E-state index contributed by atoms with van der Waals surface area (Å²) in [6.45, 7) is 0. The zero-order valence-corrected chi connectivity index (χ0v) is 12.7. The van der Waals surface area contributed by atoms with Gasteiger partial charge in [-0.15, -0.1) is 11.8 Å². The highest BCUT2D eigenvalue weighted by molar-refractivity contribution is 7.99. The van der Waals surface area contributed by atoms with Crippen molar-refractivity contribution in [2.45, 2.75) is 10.9 Å². The van der Waals surface area contributed by atoms with Gasteiger partial charge in [0.25, 0.3) is 0 Å². The predicted octanol–water partition coefficient (Wildman–Crippen LogP) is 4.03. The minimum atomic E-state index is -0.429. The van der Waals surface area contributed by atoms with Crippen molar-refractivity contribution in [1.82, 2.24) is 5.32 Å². The second-order valence-electron chi connectivity index (χ2n) is 4.50. The van der Waals surface area contributed by atoms with Gasteiger partial charge in [0, 0.05) is 16.7 Å². The van der Waals surface area contributed by atoms with Crippen molar-refractivity contribution in [2.24, 2.45) is 0 Å². The Morgan fingerprint density at radius 3 is 2.71 bits per heavy atom. The molecular formula is C16H17F2NOS. The van der Waals surface area contributed by atoms with E-state index < -0.39 is 11.6 Å². The fraction of sp³-hybridized carbons (Fsp3) is 0.250. The van der Waals surface area contributed by atoms with Crippen LogP contribution in [0.2, 0.25) is 0 Å².